The predicted molar refractivity (Wildman–Crippen MR) is 169 cm³/mol. The highest BCUT2D eigenvalue weighted by Gasteiger charge is 2.44. The molecule has 244 valence electrons. The van der Waals surface area contributed by atoms with E-state index >= 15 is 0 Å². The fourth-order valence-corrected chi connectivity index (χ4v) is 5.91. The van der Waals surface area contributed by atoms with E-state index in [4.69, 9.17) is 10.5 Å². The van der Waals surface area contributed by atoms with Crippen LogP contribution in [0.1, 0.15) is 72.9 Å². The topological polar surface area (TPSA) is 115 Å². The first kappa shape index (κ1) is 33.2. The summed E-state index contributed by atoms with van der Waals surface area (Å²) in [5.41, 5.74) is 6.40. The molecule has 3 N–H and O–H groups in total. The third kappa shape index (κ3) is 7.79. The number of benzene rings is 3. The van der Waals surface area contributed by atoms with Crippen molar-refractivity contribution in [2.75, 3.05) is 0 Å². The molecule has 3 amide bonds. The lowest BCUT2D eigenvalue weighted by molar-refractivity contribution is -0.126. The van der Waals surface area contributed by atoms with Gasteiger partial charge in [0.15, 0.2) is 0 Å². The van der Waals surface area contributed by atoms with Gasteiger partial charge in [-0.05, 0) is 87.1 Å². The molecule has 11 heteroatoms. The summed E-state index contributed by atoms with van der Waals surface area (Å²) in [5.74, 6) is -3.89. The van der Waals surface area contributed by atoms with Crippen molar-refractivity contribution in [3.05, 3.63) is 125 Å². The molecule has 0 radical (unpaired) electrons. The first-order chi connectivity index (χ1) is 22.3. The van der Waals surface area contributed by atoms with Gasteiger partial charge in [0.25, 0.3) is 5.91 Å². The minimum atomic E-state index is -0.974. The molecule has 1 aliphatic heterocycles. The number of primary amides is 1. The van der Waals surface area contributed by atoms with E-state index in [1.807, 2.05) is 30.3 Å². The van der Waals surface area contributed by atoms with E-state index in [1.165, 1.54) is 23.2 Å². The second-order valence-electron chi connectivity index (χ2n) is 12.4. The van der Waals surface area contributed by atoms with Crippen LogP contribution in [0.25, 0.3) is 11.1 Å². The number of amides is 3. The summed E-state index contributed by atoms with van der Waals surface area (Å²) in [5, 5.41) is 2.98. The van der Waals surface area contributed by atoms with Gasteiger partial charge in [0, 0.05) is 17.8 Å². The third-order valence-corrected chi connectivity index (χ3v) is 7.87. The molecule has 0 spiro atoms. The number of hydrogen-bond acceptors (Lipinski definition) is 5. The zero-order valence-electron chi connectivity index (χ0n) is 26.2. The van der Waals surface area contributed by atoms with E-state index in [2.05, 4.69) is 10.3 Å². The third-order valence-electron chi connectivity index (χ3n) is 7.87. The van der Waals surface area contributed by atoms with Crippen LogP contribution in [-0.2, 0) is 16.0 Å². The van der Waals surface area contributed by atoms with Crippen LogP contribution < -0.4 is 11.1 Å². The van der Waals surface area contributed by atoms with Crippen LogP contribution in [0.15, 0.2) is 85.1 Å². The molecule has 8 nitrogen and oxygen atoms in total. The highest BCUT2D eigenvalue weighted by molar-refractivity contribution is 5.94. The molecule has 0 bridgehead atoms. The van der Waals surface area contributed by atoms with Crippen molar-refractivity contribution < 1.29 is 32.3 Å². The summed E-state index contributed by atoms with van der Waals surface area (Å²) in [6.45, 7) is 5.22. The molecule has 1 saturated heterocycles. The second kappa shape index (κ2) is 13.7. The molecular weight excluding hydrogens is 609 g/mol. The van der Waals surface area contributed by atoms with Crippen LogP contribution >= 0.6 is 0 Å². The first-order valence-corrected chi connectivity index (χ1v) is 15.2. The molecular formula is C36H35F3N4O4. The van der Waals surface area contributed by atoms with Crippen molar-refractivity contribution in [2.45, 2.75) is 63.8 Å². The van der Waals surface area contributed by atoms with E-state index in [-0.39, 0.29) is 23.2 Å². The Labute approximate surface area is 270 Å². The summed E-state index contributed by atoms with van der Waals surface area (Å²) in [6.07, 6.45) is 1.55. The zero-order chi connectivity index (χ0) is 33.9. The predicted octanol–water partition coefficient (Wildman–Crippen LogP) is 6.81. The van der Waals surface area contributed by atoms with Crippen LogP contribution in [0.5, 0.6) is 0 Å². The molecule has 2 heterocycles. The smallest absolute Gasteiger partial charge is 0.411 e. The Morgan fingerprint density at radius 1 is 0.957 bits per heavy atom. The van der Waals surface area contributed by atoms with E-state index in [0.29, 0.717) is 24.0 Å². The Morgan fingerprint density at radius 3 is 2.32 bits per heavy atom. The summed E-state index contributed by atoms with van der Waals surface area (Å²) in [4.78, 5) is 45.7. The van der Waals surface area contributed by atoms with Gasteiger partial charge in [0.2, 0.25) is 5.91 Å². The van der Waals surface area contributed by atoms with Crippen LogP contribution in [-0.4, -0.2) is 39.4 Å². The number of hydrogen-bond donors (Lipinski definition) is 2. The Kier molecular flexibility index (Phi) is 9.64. The molecule has 4 aromatic rings. The Bertz CT molecular complexity index is 1770. The standard InChI is InChI=1S/C36H35F3N4O4/c1-36(2,3)47-35(46)43-30(22-8-5-4-6-9-22)13-14-31(43)34(45)42-29(18-21-16-24(37)20-25(38)17-21)32-26(10-7-15-41-32)23-11-12-28(39)27(19-23)33(40)44/h4-12,15-17,19-20,29-31H,13-14,18H2,1-3H3,(H2,40,44)(H,42,45). The number of carbonyl (C=O) groups excluding carboxylic acids is 3. The van der Waals surface area contributed by atoms with Gasteiger partial charge >= 0.3 is 6.09 Å². The molecule has 5 rings (SSSR count). The minimum absolute atomic E-state index is 0.0877. The van der Waals surface area contributed by atoms with Crippen LogP contribution in [0.3, 0.4) is 0 Å². The Morgan fingerprint density at radius 2 is 1.66 bits per heavy atom. The maximum atomic E-state index is 14.4. The van der Waals surface area contributed by atoms with Gasteiger partial charge in [0.05, 0.1) is 23.3 Å². The molecule has 1 fully saturated rings. The highest BCUT2D eigenvalue weighted by Crippen LogP contribution is 2.38. The largest absolute Gasteiger partial charge is 0.444 e. The average Bonchev–Trinajstić information content (AvgIpc) is 3.46. The normalized spacial score (nSPS) is 16.9. The summed E-state index contributed by atoms with van der Waals surface area (Å²) in [6, 6.07) is 17.1. The van der Waals surface area contributed by atoms with Gasteiger partial charge in [-0.3, -0.25) is 19.5 Å². The lowest BCUT2D eigenvalue weighted by Gasteiger charge is -2.33. The summed E-state index contributed by atoms with van der Waals surface area (Å²) in [7, 11) is 0. The van der Waals surface area contributed by atoms with Crippen molar-refractivity contribution in [1.82, 2.24) is 15.2 Å². The molecule has 1 aliphatic rings. The monoisotopic (exact) mass is 644 g/mol. The number of ether oxygens (including phenoxy) is 1. The average molecular weight is 645 g/mol. The minimum Gasteiger partial charge on any atom is -0.444 e. The van der Waals surface area contributed by atoms with Gasteiger partial charge in [-0.2, -0.15) is 0 Å². The van der Waals surface area contributed by atoms with Crippen molar-refractivity contribution in [1.29, 1.82) is 0 Å². The number of carbonyl (C=O) groups is 3. The van der Waals surface area contributed by atoms with Crippen LogP contribution in [0.2, 0.25) is 0 Å². The quantitative estimate of drug-likeness (QED) is 0.219. The van der Waals surface area contributed by atoms with Crippen molar-refractivity contribution >= 4 is 17.9 Å². The van der Waals surface area contributed by atoms with Crippen LogP contribution in [0.4, 0.5) is 18.0 Å². The van der Waals surface area contributed by atoms with Crippen molar-refractivity contribution in [2.24, 2.45) is 5.73 Å². The van der Waals surface area contributed by atoms with E-state index in [0.717, 1.165) is 29.8 Å². The number of halogens is 3. The number of nitrogens with one attached hydrogen (secondary N) is 1. The van der Waals surface area contributed by atoms with Gasteiger partial charge in [-0.15, -0.1) is 0 Å². The zero-order valence-corrected chi connectivity index (χ0v) is 26.2. The fourth-order valence-electron chi connectivity index (χ4n) is 5.91. The second-order valence-corrected chi connectivity index (χ2v) is 12.4. The summed E-state index contributed by atoms with van der Waals surface area (Å²) < 4.78 is 48.7. The molecule has 3 aromatic carbocycles. The number of rotatable bonds is 8. The molecule has 0 saturated carbocycles. The van der Waals surface area contributed by atoms with Crippen LogP contribution in [0, 0.1) is 17.5 Å². The van der Waals surface area contributed by atoms with E-state index in [9.17, 15) is 27.6 Å². The van der Waals surface area contributed by atoms with Crippen molar-refractivity contribution in [3.63, 3.8) is 0 Å². The van der Waals surface area contributed by atoms with Gasteiger partial charge in [-0.25, -0.2) is 18.0 Å². The molecule has 1 aromatic heterocycles. The highest BCUT2D eigenvalue weighted by atomic mass is 19.1. The van der Waals surface area contributed by atoms with Gasteiger partial charge < -0.3 is 15.8 Å². The van der Waals surface area contributed by atoms with Crippen molar-refractivity contribution in [3.8, 4) is 11.1 Å². The van der Waals surface area contributed by atoms with E-state index in [1.54, 1.807) is 32.9 Å². The molecule has 3 unspecified atom stereocenters. The number of nitrogens with zero attached hydrogens (tertiary/aromatic N) is 2. The van der Waals surface area contributed by atoms with E-state index < -0.39 is 59.1 Å². The Balaban J connectivity index is 1.55. The summed E-state index contributed by atoms with van der Waals surface area (Å²) >= 11 is 0. The maximum Gasteiger partial charge on any atom is 0.411 e. The lowest BCUT2D eigenvalue weighted by atomic mass is 9.94. The maximum absolute atomic E-state index is 14.4. The molecule has 0 aliphatic carbocycles. The number of nitrogens with two attached hydrogens (primary N) is 1. The SMILES string of the molecule is CC(C)(C)OC(=O)N1C(C(=O)NC(Cc2cc(F)cc(F)c2)c2ncccc2-c2ccc(F)c(C(N)=O)c2)CCC1c1ccccc1. The lowest BCUT2D eigenvalue weighted by Crippen LogP contribution is -2.49. The molecule has 47 heavy (non-hydrogen) atoms. The first-order valence-electron chi connectivity index (χ1n) is 15.2. The number of aromatic nitrogens is 1. The fraction of sp³-hybridized carbons (Fsp3) is 0.278. The Hall–Kier alpha value is -5.19. The number of pyridine rings is 1. The van der Waals surface area contributed by atoms with Gasteiger partial charge in [0.1, 0.15) is 29.1 Å². The van der Waals surface area contributed by atoms with Gasteiger partial charge in [-0.1, -0.05) is 42.5 Å². The molecule has 3 atom stereocenters. The number of likely N-dealkylation sites (tertiary alicyclic amines) is 1.